The van der Waals surface area contributed by atoms with Crippen molar-refractivity contribution in [2.75, 3.05) is 32.8 Å². The van der Waals surface area contributed by atoms with Gasteiger partial charge in [-0.05, 0) is 31.9 Å². The van der Waals surface area contributed by atoms with Crippen molar-refractivity contribution in [3.8, 4) is 0 Å². The summed E-state index contributed by atoms with van der Waals surface area (Å²) in [5, 5.41) is 5.90. The van der Waals surface area contributed by atoms with E-state index in [2.05, 4.69) is 15.5 Å². The number of amides is 2. The van der Waals surface area contributed by atoms with Crippen LogP contribution in [0.1, 0.15) is 49.4 Å². The smallest absolute Gasteiger partial charge is 0.251 e. The molecule has 27 heavy (non-hydrogen) atoms. The van der Waals surface area contributed by atoms with Crippen molar-refractivity contribution in [3.05, 3.63) is 35.9 Å². The van der Waals surface area contributed by atoms with Crippen LogP contribution in [0.5, 0.6) is 0 Å². The zero-order chi connectivity index (χ0) is 19.1. The lowest BCUT2D eigenvalue weighted by atomic mass is 9.79. The second-order valence-corrected chi connectivity index (χ2v) is 7.66. The summed E-state index contributed by atoms with van der Waals surface area (Å²) < 4.78 is 5.51. The molecule has 0 unspecified atom stereocenters. The summed E-state index contributed by atoms with van der Waals surface area (Å²) in [7, 11) is 0. The largest absolute Gasteiger partial charge is 0.379 e. The minimum absolute atomic E-state index is 0.0286. The van der Waals surface area contributed by atoms with Crippen LogP contribution in [0.3, 0.4) is 0 Å². The molecule has 0 radical (unpaired) electrons. The first-order chi connectivity index (χ1) is 13.1. The van der Waals surface area contributed by atoms with Crippen LogP contribution in [0.4, 0.5) is 0 Å². The first-order valence-electron chi connectivity index (χ1n) is 10.1. The van der Waals surface area contributed by atoms with Gasteiger partial charge in [0.15, 0.2) is 0 Å². The van der Waals surface area contributed by atoms with E-state index in [1.54, 1.807) is 19.1 Å². The van der Waals surface area contributed by atoms with Gasteiger partial charge in [0.2, 0.25) is 5.91 Å². The van der Waals surface area contributed by atoms with Gasteiger partial charge in [0.25, 0.3) is 5.91 Å². The van der Waals surface area contributed by atoms with Gasteiger partial charge in [-0.25, -0.2) is 0 Å². The minimum atomic E-state index is -0.567. The number of hydrogen-bond acceptors (Lipinski definition) is 4. The number of nitrogens with one attached hydrogen (secondary N) is 2. The number of hydrogen-bond donors (Lipinski definition) is 2. The van der Waals surface area contributed by atoms with Crippen LogP contribution in [0.15, 0.2) is 30.3 Å². The molecular formula is C21H31N3O3. The molecular weight excluding hydrogens is 342 g/mol. The first-order valence-corrected chi connectivity index (χ1v) is 10.1. The number of rotatable bonds is 6. The predicted octanol–water partition coefficient (Wildman–Crippen LogP) is 1.96. The van der Waals surface area contributed by atoms with Gasteiger partial charge in [-0.2, -0.15) is 0 Å². The van der Waals surface area contributed by atoms with Crippen molar-refractivity contribution in [2.24, 2.45) is 0 Å². The summed E-state index contributed by atoms with van der Waals surface area (Å²) in [6.45, 7) is 5.75. The Hall–Kier alpha value is -1.92. The standard InChI is InChI=1S/C21H31N3O3/c1-17(23-20(26)18-8-4-2-5-9-18)19(25)22-16-21(10-6-3-7-11-21)24-12-14-27-15-13-24/h2,4-5,8-9,17H,3,6-7,10-16H2,1H3,(H,22,25)(H,23,26)/t17-/m1/s1. The van der Waals surface area contributed by atoms with E-state index < -0.39 is 6.04 Å². The highest BCUT2D eigenvalue weighted by Crippen LogP contribution is 2.33. The van der Waals surface area contributed by atoms with Crippen molar-refractivity contribution >= 4 is 11.8 Å². The molecule has 1 aliphatic carbocycles. The Morgan fingerprint density at radius 1 is 1.11 bits per heavy atom. The van der Waals surface area contributed by atoms with E-state index in [1.165, 1.54) is 19.3 Å². The average Bonchev–Trinajstić information content (AvgIpc) is 2.74. The fourth-order valence-electron chi connectivity index (χ4n) is 4.19. The van der Waals surface area contributed by atoms with Gasteiger partial charge in [-0.15, -0.1) is 0 Å². The highest BCUT2D eigenvalue weighted by Gasteiger charge is 2.39. The van der Waals surface area contributed by atoms with Crippen LogP contribution < -0.4 is 10.6 Å². The van der Waals surface area contributed by atoms with Crippen molar-refractivity contribution < 1.29 is 14.3 Å². The summed E-state index contributed by atoms with van der Waals surface area (Å²) in [6, 6.07) is 8.42. The third kappa shape index (κ3) is 5.08. The van der Waals surface area contributed by atoms with E-state index >= 15 is 0 Å². The molecule has 3 rings (SSSR count). The zero-order valence-corrected chi connectivity index (χ0v) is 16.2. The third-order valence-corrected chi connectivity index (χ3v) is 5.83. The van der Waals surface area contributed by atoms with Crippen molar-refractivity contribution in [1.29, 1.82) is 0 Å². The van der Waals surface area contributed by atoms with Crippen LogP contribution in [-0.2, 0) is 9.53 Å². The molecule has 1 aliphatic heterocycles. The van der Waals surface area contributed by atoms with Gasteiger partial charge in [-0.3, -0.25) is 14.5 Å². The zero-order valence-electron chi connectivity index (χ0n) is 16.2. The Morgan fingerprint density at radius 2 is 1.78 bits per heavy atom. The highest BCUT2D eigenvalue weighted by atomic mass is 16.5. The van der Waals surface area contributed by atoms with Gasteiger partial charge < -0.3 is 15.4 Å². The number of benzene rings is 1. The van der Waals surface area contributed by atoms with Gasteiger partial charge in [0.05, 0.1) is 13.2 Å². The number of nitrogens with zero attached hydrogens (tertiary/aromatic N) is 1. The van der Waals surface area contributed by atoms with Gasteiger partial charge in [-0.1, -0.05) is 37.5 Å². The Kier molecular flexibility index (Phi) is 6.85. The van der Waals surface area contributed by atoms with Crippen LogP contribution in [0, 0.1) is 0 Å². The predicted molar refractivity (Wildman–Crippen MR) is 105 cm³/mol. The minimum Gasteiger partial charge on any atom is -0.379 e. The number of morpholine rings is 1. The van der Waals surface area contributed by atoms with Crippen LogP contribution >= 0.6 is 0 Å². The van der Waals surface area contributed by atoms with Gasteiger partial charge in [0.1, 0.15) is 6.04 Å². The van der Waals surface area contributed by atoms with E-state index in [-0.39, 0.29) is 17.4 Å². The number of carbonyl (C=O) groups is 2. The SMILES string of the molecule is C[C@@H](NC(=O)c1ccccc1)C(=O)NCC1(N2CCOCC2)CCCCC1. The fraction of sp³-hybridized carbons (Fsp3) is 0.619. The lowest BCUT2D eigenvalue weighted by molar-refractivity contribution is -0.123. The normalized spacial score (nSPS) is 21.2. The molecule has 1 atom stereocenters. The summed E-state index contributed by atoms with van der Waals surface area (Å²) in [6.07, 6.45) is 5.89. The molecule has 6 heteroatoms. The Labute approximate surface area is 161 Å². The molecule has 0 bridgehead atoms. The maximum atomic E-state index is 12.6. The second-order valence-electron chi connectivity index (χ2n) is 7.66. The highest BCUT2D eigenvalue weighted by molar-refractivity contribution is 5.97. The quantitative estimate of drug-likeness (QED) is 0.800. The third-order valence-electron chi connectivity index (χ3n) is 5.83. The lowest BCUT2D eigenvalue weighted by Crippen LogP contribution is -2.60. The van der Waals surface area contributed by atoms with E-state index in [4.69, 9.17) is 4.74 Å². The van der Waals surface area contributed by atoms with E-state index in [0.29, 0.717) is 12.1 Å². The molecule has 2 aliphatic rings. The lowest BCUT2D eigenvalue weighted by Gasteiger charge is -2.48. The first kappa shape index (κ1) is 19.8. The Morgan fingerprint density at radius 3 is 2.44 bits per heavy atom. The molecule has 2 fully saturated rings. The van der Waals surface area contributed by atoms with Crippen molar-refractivity contribution in [3.63, 3.8) is 0 Å². The monoisotopic (exact) mass is 373 g/mol. The summed E-state index contributed by atoms with van der Waals surface area (Å²) >= 11 is 0. The topological polar surface area (TPSA) is 70.7 Å². The van der Waals surface area contributed by atoms with Crippen molar-refractivity contribution in [2.45, 2.75) is 50.6 Å². The summed E-state index contributed by atoms with van der Waals surface area (Å²) in [5.41, 5.74) is 0.593. The molecule has 1 saturated carbocycles. The molecule has 1 aromatic rings. The molecule has 1 aromatic carbocycles. The second kappa shape index (κ2) is 9.33. The maximum absolute atomic E-state index is 12.6. The molecule has 0 aromatic heterocycles. The van der Waals surface area contributed by atoms with E-state index in [1.807, 2.05) is 18.2 Å². The van der Waals surface area contributed by atoms with Gasteiger partial charge >= 0.3 is 0 Å². The van der Waals surface area contributed by atoms with E-state index in [9.17, 15) is 9.59 Å². The summed E-state index contributed by atoms with van der Waals surface area (Å²) in [4.78, 5) is 27.4. The van der Waals surface area contributed by atoms with E-state index in [0.717, 1.165) is 39.1 Å². The maximum Gasteiger partial charge on any atom is 0.251 e. The van der Waals surface area contributed by atoms with Gasteiger partial charge in [0, 0.05) is 30.7 Å². The van der Waals surface area contributed by atoms with Crippen LogP contribution in [0.2, 0.25) is 0 Å². The molecule has 1 saturated heterocycles. The Balaban J connectivity index is 1.56. The molecule has 148 valence electrons. The average molecular weight is 373 g/mol. The molecule has 6 nitrogen and oxygen atoms in total. The number of carbonyl (C=O) groups excluding carboxylic acids is 2. The Bertz CT molecular complexity index is 623. The van der Waals surface area contributed by atoms with Crippen LogP contribution in [-0.4, -0.2) is 61.1 Å². The van der Waals surface area contributed by atoms with Crippen LogP contribution in [0.25, 0.3) is 0 Å². The molecule has 2 N–H and O–H groups in total. The fourth-order valence-corrected chi connectivity index (χ4v) is 4.19. The van der Waals surface area contributed by atoms with Crippen molar-refractivity contribution in [1.82, 2.24) is 15.5 Å². The molecule has 2 amide bonds. The molecule has 1 heterocycles. The molecule has 0 spiro atoms. The summed E-state index contributed by atoms with van der Waals surface area (Å²) in [5.74, 6) is -0.351. The number of ether oxygens (including phenoxy) is 1.